The molecule has 1 aromatic carbocycles. The number of nitrogens with zero attached hydrogens (tertiary/aromatic N) is 5. The highest BCUT2D eigenvalue weighted by atomic mass is 19.4. The van der Waals surface area contributed by atoms with Gasteiger partial charge < -0.3 is 15.2 Å². The van der Waals surface area contributed by atoms with Crippen LogP contribution >= 0.6 is 0 Å². The number of methoxy groups -OCH3 is 1. The Kier molecular flexibility index (Phi) is 6.54. The molecular weight excluding hydrogens is 473 g/mol. The van der Waals surface area contributed by atoms with Crippen LogP contribution in [0.25, 0.3) is 28.1 Å². The number of para-hydroxylation sites is 1. The molecule has 1 aliphatic rings. The van der Waals surface area contributed by atoms with Crippen LogP contribution in [-0.4, -0.2) is 69.6 Å². The van der Waals surface area contributed by atoms with Crippen molar-refractivity contribution in [1.82, 2.24) is 24.5 Å². The Morgan fingerprint density at radius 1 is 1.14 bits per heavy atom. The number of benzene rings is 1. The molecule has 0 saturated carbocycles. The first-order valence-corrected chi connectivity index (χ1v) is 11.7. The fourth-order valence-electron chi connectivity index (χ4n) is 4.73. The van der Waals surface area contributed by atoms with Crippen molar-refractivity contribution in [2.45, 2.75) is 37.7 Å². The van der Waals surface area contributed by atoms with Gasteiger partial charge in [-0.15, -0.1) is 10.2 Å². The molecule has 3 atom stereocenters. The van der Waals surface area contributed by atoms with Gasteiger partial charge in [0.15, 0.2) is 11.5 Å². The first-order valence-electron chi connectivity index (χ1n) is 11.7. The largest absolute Gasteiger partial charge is 0.486 e. The molecule has 0 unspecified atom stereocenters. The van der Waals surface area contributed by atoms with E-state index in [9.17, 15) is 13.2 Å². The monoisotopic (exact) mass is 500 g/mol. The lowest BCUT2D eigenvalue weighted by Crippen LogP contribution is -2.38. The van der Waals surface area contributed by atoms with Gasteiger partial charge in [-0.2, -0.15) is 13.2 Å². The maximum absolute atomic E-state index is 14.2. The van der Waals surface area contributed by atoms with Crippen LogP contribution in [0.1, 0.15) is 24.9 Å². The van der Waals surface area contributed by atoms with Crippen LogP contribution in [0.4, 0.5) is 13.2 Å². The Hall–Kier alpha value is -3.28. The van der Waals surface area contributed by atoms with Crippen LogP contribution in [0.2, 0.25) is 0 Å². The van der Waals surface area contributed by atoms with Gasteiger partial charge in [-0.1, -0.05) is 24.3 Å². The number of alkyl halides is 3. The zero-order chi connectivity index (χ0) is 25.4. The van der Waals surface area contributed by atoms with Gasteiger partial charge in [-0.3, -0.25) is 9.30 Å². The minimum absolute atomic E-state index is 0.100. The van der Waals surface area contributed by atoms with E-state index >= 15 is 0 Å². The van der Waals surface area contributed by atoms with E-state index in [1.54, 1.807) is 23.6 Å². The maximum Gasteiger partial charge on any atom is 0.408 e. The van der Waals surface area contributed by atoms with Gasteiger partial charge >= 0.3 is 6.18 Å². The van der Waals surface area contributed by atoms with Crippen molar-refractivity contribution >= 4 is 16.6 Å². The van der Waals surface area contributed by atoms with Gasteiger partial charge in [0.05, 0.1) is 6.61 Å². The third-order valence-electron chi connectivity index (χ3n) is 6.31. The van der Waals surface area contributed by atoms with Crippen molar-refractivity contribution in [2.75, 3.05) is 26.8 Å². The molecule has 190 valence electrons. The smallest absolute Gasteiger partial charge is 0.408 e. The summed E-state index contributed by atoms with van der Waals surface area (Å²) in [5, 5.41) is 9.25. The predicted molar refractivity (Wildman–Crippen MR) is 129 cm³/mol. The predicted octanol–water partition coefficient (Wildman–Crippen LogP) is 3.99. The average molecular weight is 501 g/mol. The third-order valence-corrected chi connectivity index (χ3v) is 6.31. The molecule has 2 N–H and O–H groups in total. The summed E-state index contributed by atoms with van der Waals surface area (Å²) in [6.45, 7) is 2.78. The molecule has 0 aliphatic carbocycles. The Bertz CT molecular complexity index is 1380. The molecule has 0 amide bonds. The van der Waals surface area contributed by atoms with Gasteiger partial charge in [-0.05, 0) is 37.1 Å². The van der Waals surface area contributed by atoms with E-state index in [0.717, 1.165) is 5.39 Å². The van der Waals surface area contributed by atoms with Crippen LogP contribution in [0.5, 0.6) is 5.75 Å². The minimum Gasteiger partial charge on any atom is -0.486 e. The van der Waals surface area contributed by atoms with Gasteiger partial charge in [0, 0.05) is 37.8 Å². The molecule has 36 heavy (non-hydrogen) atoms. The fraction of sp³-hybridized carbons (Fsp3) is 0.400. The van der Waals surface area contributed by atoms with Crippen LogP contribution in [-0.2, 0) is 4.74 Å². The number of hydrogen-bond acceptors (Lipinski definition) is 7. The molecule has 5 rings (SSSR count). The summed E-state index contributed by atoms with van der Waals surface area (Å²) in [4.78, 5) is 6.14. The van der Waals surface area contributed by atoms with E-state index in [4.69, 9.17) is 20.2 Å². The molecular formula is C25H27F3N6O2. The second-order valence-corrected chi connectivity index (χ2v) is 9.11. The van der Waals surface area contributed by atoms with Crippen LogP contribution in [0.15, 0.2) is 48.7 Å². The Morgan fingerprint density at radius 2 is 1.97 bits per heavy atom. The molecule has 1 saturated heterocycles. The fourth-order valence-corrected chi connectivity index (χ4v) is 4.73. The molecule has 0 radical (unpaired) electrons. The van der Waals surface area contributed by atoms with Crippen molar-refractivity contribution in [3.63, 3.8) is 0 Å². The summed E-state index contributed by atoms with van der Waals surface area (Å²) in [7, 11) is 1.60. The lowest BCUT2D eigenvalue weighted by atomic mass is 10.1. The van der Waals surface area contributed by atoms with Crippen molar-refractivity contribution in [3.8, 4) is 17.3 Å². The number of pyridine rings is 2. The van der Waals surface area contributed by atoms with Gasteiger partial charge in [0.25, 0.3) is 0 Å². The van der Waals surface area contributed by atoms with E-state index in [1.165, 1.54) is 17.2 Å². The zero-order valence-corrected chi connectivity index (χ0v) is 19.9. The molecule has 1 fully saturated rings. The number of ether oxygens (including phenoxy) is 2. The Balaban J connectivity index is 1.57. The van der Waals surface area contributed by atoms with E-state index in [2.05, 4.69) is 10.2 Å². The number of rotatable bonds is 7. The number of fused-ring (bicyclic) bond motifs is 2. The molecule has 3 aromatic heterocycles. The molecule has 0 bridgehead atoms. The lowest BCUT2D eigenvalue weighted by molar-refractivity contribution is -0.183. The summed E-state index contributed by atoms with van der Waals surface area (Å²) >= 11 is 0. The molecule has 1 aliphatic heterocycles. The maximum atomic E-state index is 14.2. The first-order chi connectivity index (χ1) is 17.2. The summed E-state index contributed by atoms with van der Waals surface area (Å²) in [5.74, 6) is 0.920. The Labute approximate surface area is 205 Å². The van der Waals surface area contributed by atoms with Crippen molar-refractivity contribution in [3.05, 3.63) is 54.2 Å². The number of nitrogens with two attached hydrogens (primary N) is 1. The van der Waals surface area contributed by atoms with E-state index in [-0.39, 0.29) is 30.8 Å². The second-order valence-electron chi connectivity index (χ2n) is 9.11. The Morgan fingerprint density at radius 3 is 2.69 bits per heavy atom. The standard InChI is InChI=1S/C25H27F3N6O2/c1-15(14-35-2)36-20-5-3-4-16-6-8-19(30-22(16)20)24-32-31-21-9-7-17(12-34(21)24)23(25(26,27)28)33-11-10-18(29)13-33/h3-9,12,15,18,23H,10-11,13-14,29H2,1-2H3/t15-,18+,23-/m1/s1. The van der Waals surface area contributed by atoms with E-state index in [0.29, 0.717) is 41.5 Å². The first kappa shape index (κ1) is 24.4. The van der Waals surface area contributed by atoms with Gasteiger partial charge in [0.1, 0.15) is 29.1 Å². The highest BCUT2D eigenvalue weighted by Gasteiger charge is 2.46. The van der Waals surface area contributed by atoms with Crippen LogP contribution in [0, 0.1) is 0 Å². The summed E-state index contributed by atoms with van der Waals surface area (Å²) < 4.78 is 55.2. The number of aromatic nitrogens is 4. The average Bonchev–Trinajstić information content (AvgIpc) is 3.44. The molecule has 0 spiro atoms. The quantitative estimate of drug-likeness (QED) is 0.410. The van der Waals surface area contributed by atoms with E-state index in [1.807, 2.05) is 31.2 Å². The second kappa shape index (κ2) is 9.64. The highest BCUT2D eigenvalue weighted by Crippen LogP contribution is 2.39. The third kappa shape index (κ3) is 4.73. The number of likely N-dealkylation sites (tertiary alicyclic amines) is 1. The number of halogens is 3. The van der Waals surface area contributed by atoms with Crippen LogP contribution in [0.3, 0.4) is 0 Å². The SMILES string of the molecule is COC[C@@H](C)Oc1cccc2ccc(-c3nnc4ccc([C@@H](N5CC[C@H](N)C5)C(F)(F)F)cn34)nc12. The van der Waals surface area contributed by atoms with Crippen molar-refractivity contribution in [2.24, 2.45) is 5.73 Å². The molecule has 4 heterocycles. The molecule has 4 aromatic rings. The highest BCUT2D eigenvalue weighted by molar-refractivity contribution is 5.86. The summed E-state index contributed by atoms with van der Waals surface area (Å²) in [5.41, 5.74) is 7.51. The molecule has 8 nitrogen and oxygen atoms in total. The normalized spacial score (nSPS) is 18.7. The zero-order valence-electron chi connectivity index (χ0n) is 19.9. The lowest BCUT2D eigenvalue weighted by Gasteiger charge is -2.30. The van der Waals surface area contributed by atoms with Crippen molar-refractivity contribution < 1.29 is 22.6 Å². The summed E-state index contributed by atoms with van der Waals surface area (Å²) in [6, 6.07) is 10.2. The minimum atomic E-state index is -4.46. The van der Waals surface area contributed by atoms with Crippen LogP contribution < -0.4 is 10.5 Å². The number of hydrogen-bond donors (Lipinski definition) is 1. The molecule has 11 heteroatoms. The van der Waals surface area contributed by atoms with Gasteiger partial charge in [-0.25, -0.2) is 4.98 Å². The topological polar surface area (TPSA) is 90.8 Å². The summed E-state index contributed by atoms with van der Waals surface area (Å²) in [6.07, 6.45) is -2.68. The van der Waals surface area contributed by atoms with E-state index < -0.39 is 12.2 Å². The van der Waals surface area contributed by atoms with Crippen molar-refractivity contribution in [1.29, 1.82) is 0 Å². The van der Waals surface area contributed by atoms with Gasteiger partial charge in [0.2, 0.25) is 0 Å².